The van der Waals surface area contributed by atoms with Crippen molar-refractivity contribution in [3.63, 3.8) is 0 Å². The van der Waals surface area contributed by atoms with Crippen molar-refractivity contribution in [1.29, 1.82) is 0 Å². The molecule has 1 aromatic rings. The highest BCUT2D eigenvalue weighted by Gasteiger charge is 2.36. The van der Waals surface area contributed by atoms with Crippen LogP contribution in [0.5, 0.6) is 11.5 Å². The SMILES string of the molecule is COc1cccc(CNC2(C)CC2)c1OC. The average Bonchev–Trinajstić information content (AvgIpc) is 3.04. The summed E-state index contributed by atoms with van der Waals surface area (Å²) in [7, 11) is 3.34. The molecule has 0 amide bonds. The van der Waals surface area contributed by atoms with Crippen molar-refractivity contribution in [2.75, 3.05) is 14.2 Å². The van der Waals surface area contributed by atoms with Gasteiger partial charge in [-0.15, -0.1) is 0 Å². The third kappa shape index (κ3) is 2.30. The van der Waals surface area contributed by atoms with E-state index in [-0.39, 0.29) is 0 Å². The zero-order valence-corrected chi connectivity index (χ0v) is 10.2. The van der Waals surface area contributed by atoms with Crippen LogP contribution in [0.15, 0.2) is 18.2 Å². The molecule has 1 N–H and O–H groups in total. The van der Waals surface area contributed by atoms with Crippen LogP contribution in [0.25, 0.3) is 0 Å². The molecule has 88 valence electrons. The highest BCUT2D eigenvalue weighted by atomic mass is 16.5. The normalized spacial score (nSPS) is 16.9. The van der Waals surface area contributed by atoms with Gasteiger partial charge >= 0.3 is 0 Å². The van der Waals surface area contributed by atoms with Crippen molar-refractivity contribution in [3.8, 4) is 11.5 Å². The monoisotopic (exact) mass is 221 g/mol. The molecule has 1 saturated carbocycles. The Labute approximate surface area is 96.8 Å². The second-order valence-corrected chi connectivity index (χ2v) is 4.57. The first-order valence-corrected chi connectivity index (χ1v) is 5.63. The summed E-state index contributed by atoms with van der Waals surface area (Å²) in [5.74, 6) is 1.63. The highest BCUT2D eigenvalue weighted by molar-refractivity contribution is 5.46. The molecule has 16 heavy (non-hydrogen) atoms. The maximum atomic E-state index is 5.39. The molecule has 1 aliphatic carbocycles. The number of hydrogen-bond acceptors (Lipinski definition) is 3. The molecular formula is C13H19NO2. The second-order valence-electron chi connectivity index (χ2n) is 4.57. The third-order valence-corrected chi connectivity index (χ3v) is 3.19. The van der Waals surface area contributed by atoms with Crippen LogP contribution in [0.4, 0.5) is 0 Å². The lowest BCUT2D eigenvalue weighted by Crippen LogP contribution is -2.27. The van der Waals surface area contributed by atoms with Crippen LogP contribution in [-0.4, -0.2) is 19.8 Å². The summed E-state index contributed by atoms with van der Waals surface area (Å²) in [6, 6.07) is 5.98. The molecule has 3 heteroatoms. The zero-order valence-electron chi connectivity index (χ0n) is 10.2. The van der Waals surface area contributed by atoms with Crippen molar-refractivity contribution in [1.82, 2.24) is 5.32 Å². The fourth-order valence-corrected chi connectivity index (χ4v) is 1.77. The van der Waals surface area contributed by atoms with Crippen LogP contribution in [0.3, 0.4) is 0 Å². The predicted octanol–water partition coefficient (Wildman–Crippen LogP) is 2.35. The number of hydrogen-bond donors (Lipinski definition) is 1. The van der Waals surface area contributed by atoms with E-state index in [0.29, 0.717) is 5.54 Å². The fourth-order valence-electron chi connectivity index (χ4n) is 1.77. The van der Waals surface area contributed by atoms with E-state index in [4.69, 9.17) is 9.47 Å². The van der Waals surface area contributed by atoms with Crippen LogP contribution >= 0.6 is 0 Å². The van der Waals surface area contributed by atoms with Crippen LogP contribution in [0.1, 0.15) is 25.3 Å². The van der Waals surface area contributed by atoms with Crippen LogP contribution in [-0.2, 0) is 6.54 Å². The van der Waals surface area contributed by atoms with Crippen LogP contribution < -0.4 is 14.8 Å². The lowest BCUT2D eigenvalue weighted by atomic mass is 10.1. The number of methoxy groups -OCH3 is 2. The highest BCUT2D eigenvalue weighted by Crippen LogP contribution is 2.36. The molecule has 1 aromatic carbocycles. The number of ether oxygens (including phenoxy) is 2. The van der Waals surface area contributed by atoms with Crippen molar-refractivity contribution in [2.24, 2.45) is 0 Å². The molecular weight excluding hydrogens is 202 g/mol. The van der Waals surface area contributed by atoms with Gasteiger partial charge in [-0.1, -0.05) is 12.1 Å². The fraction of sp³-hybridized carbons (Fsp3) is 0.538. The minimum Gasteiger partial charge on any atom is -0.493 e. The van der Waals surface area contributed by atoms with Gasteiger partial charge in [0, 0.05) is 17.6 Å². The van der Waals surface area contributed by atoms with E-state index in [9.17, 15) is 0 Å². The lowest BCUT2D eigenvalue weighted by molar-refractivity contribution is 0.349. The Balaban J connectivity index is 2.12. The number of nitrogens with one attached hydrogen (secondary N) is 1. The summed E-state index contributed by atoms with van der Waals surface area (Å²) in [4.78, 5) is 0. The molecule has 0 saturated heterocycles. The molecule has 0 bridgehead atoms. The van der Waals surface area contributed by atoms with Crippen molar-refractivity contribution in [3.05, 3.63) is 23.8 Å². The van der Waals surface area contributed by atoms with Crippen molar-refractivity contribution in [2.45, 2.75) is 31.8 Å². The molecule has 0 aromatic heterocycles. The molecule has 1 aliphatic rings. The first-order valence-electron chi connectivity index (χ1n) is 5.63. The molecule has 2 rings (SSSR count). The van der Waals surface area contributed by atoms with Gasteiger partial charge in [0.05, 0.1) is 14.2 Å². The van der Waals surface area contributed by atoms with Gasteiger partial charge < -0.3 is 14.8 Å². The van der Waals surface area contributed by atoms with Crippen molar-refractivity contribution >= 4 is 0 Å². The summed E-state index contributed by atoms with van der Waals surface area (Å²) >= 11 is 0. The van der Waals surface area contributed by atoms with Gasteiger partial charge in [-0.05, 0) is 25.8 Å². The molecule has 0 spiro atoms. The van der Waals surface area contributed by atoms with E-state index < -0.39 is 0 Å². The maximum Gasteiger partial charge on any atom is 0.165 e. The lowest BCUT2D eigenvalue weighted by Gasteiger charge is -2.15. The third-order valence-electron chi connectivity index (χ3n) is 3.19. The molecule has 0 unspecified atom stereocenters. The Morgan fingerprint density at radius 2 is 2.00 bits per heavy atom. The molecule has 1 fully saturated rings. The summed E-state index contributed by atoms with van der Waals surface area (Å²) < 4.78 is 10.7. The maximum absolute atomic E-state index is 5.39. The Morgan fingerprint density at radius 1 is 1.25 bits per heavy atom. The topological polar surface area (TPSA) is 30.5 Å². The van der Waals surface area contributed by atoms with E-state index in [1.807, 2.05) is 12.1 Å². The number of benzene rings is 1. The molecule has 0 heterocycles. The number of rotatable bonds is 5. The van der Waals surface area contributed by atoms with Gasteiger partial charge in [0.15, 0.2) is 11.5 Å². The predicted molar refractivity (Wildman–Crippen MR) is 64.0 cm³/mol. The molecule has 3 nitrogen and oxygen atoms in total. The number of para-hydroxylation sites is 1. The smallest absolute Gasteiger partial charge is 0.165 e. The summed E-state index contributed by atoms with van der Waals surface area (Å²) in [5, 5.41) is 3.54. The quantitative estimate of drug-likeness (QED) is 0.828. The first kappa shape index (κ1) is 11.3. The van der Waals surface area contributed by atoms with Gasteiger partial charge in [0.2, 0.25) is 0 Å². The van der Waals surface area contributed by atoms with E-state index in [1.165, 1.54) is 12.8 Å². The zero-order chi connectivity index (χ0) is 11.6. The van der Waals surface area contributed by atoms with E-state index in [0.717, 1.165) is 23.6 Å². The van der Waals surface area contributed by atoms with Crippen molar-refractivity contribution < 1.29 is 9.47 Å². The summed E-state index contributed by atoms with van der Waals surface area (Å²) in [5.41, 5.74) is 1.49. The van der Waals surface area contributed by atoms with Gasteiger partial charge in [-0.3, -0.25) is 0 Å². The Kier molecular flexibility index (Phi) is 3.06. The largest absolute Gasteiger partial charge is 0.493 e. The minimum absolute atomic E-state index is 0.341. The molecule has 0 radical (unpaired) electrons. The average molecular weight is 221 g/mol. The van der Waals surface area contributed by atoms with Gasteiger partial charge in [0.1, 0.15) is 0 Å². The second kappa shape index (κ2) is 4.34. The van der Waals surface area contributed by atoms with Crippen LogP contribution in [0.2, 0.25) is 0 Å². The van der Waals surface area contributed by atoms with E-state index >= 15 is 0 Å². The minimum atomic E-state index is 0.341. The Bertz CT molecular complexity index is 372. The van der Waals surface area contributed by atoms with E-state index in [1.54, 1.807) is 14.2 Å². The first-order chi connectivity index (χ1) is 7.68. The Hall–Kier alpha value is -1.22. The van der Waals surface area contributed by atoms with Gasteiger partial charge in [-0.2, -0.15) is 0 Å². The van der Waals surface area contributed by atoms with E-state index in [2.05, 4.69) is 18.3 Å². The standard InChI is InChI=1S/C13H19NO2/c1-13(7-8-13)14-9-10-5-4-6-11(15-2)12(10)16-3/h4-6,14H,7-9H2,1-3H3. The summed E-state index contributed by atoms with van der Waals surface area (Å²) in [6.07, 6.45) is 2.53. The van der Waals surface area contributed by atoms with Gasteiger partial charge in [0.25, 0.3) is 0 Å². The van der Waals surface area contributed by atoms with Gasteiger partial charge in [-0.25, -0.2) is 0 Å². The Morgan fingerprint density at radius 3 is 2.56 bits per heavy atom. The summed E-state index contributed by atoms with van der Waals surface area (Å²) in [6.45, 7) is 3.08. The van der Waals surface area contributed by atoms with Crippen LogP contribution in [0, 0.1) is 0 Å². The molecule has 0 atom stereocenters. The molecule has 0 aliphatic heterocycles.